The Bertz CT molecular complexity index is 638. The molecule has 26 heavy (non-hydrogen) atoms. The highest BCUT2D eigenvalue weighted by Gasteiger charge is 2.23. The molecule has 1 atom stereocenters. The van der Waals surface area contributed by atoms with Gasteiger partial charge in [0.15, 0.2) is 0 Å². The topological polar surface area (TPSA) is 72.9 Å². The smallest absolute Gasteiger partial charge is 0.317 e. The zero-order chi connectivity index (χ0) is 19.1. The zero-order valence-corrected chi connectivity index (χ0v) is 16.3. The van der Waals surface area contributed by atoms with Crippen molar-refractivity contribution in [1.82, 2.24) is 15.1 Å². The third-order valence-electron chi connectivity index (χ3n) is 4.91. The highest BCUT2D eigenvalue weighted by Crippen LogP contribution is 2.17. The van der Waals surface area contributed by atoms with E-state index in [9.17, 15) is 9.59 Å². The number of nitrogens with zero attached hydrogens (tertiary/aromatic N) is 2. The van der Waals surface area contributed by atoms with Gasteiger partial charge in [-0.3, -0.25) is 9.69 Å². The number of carbonyl (C=O) groups excluding carboxylic acids is 1. The Hall–Kier alpha value is -1.79. The fourth-order valence-corrected chi connectivity index (χ4v) is 3.47. The van der Waals surface area contributed by atoms with Gasteiger partial charge in [-0.15, -0.1) is 0 Å². The predicted octanol–water partition coefficient (Wildman–Crippen LogP) is 2.77. The summed E-state index contributed by atoms with van der Waals surface area (Å²) in [6, 6.07) is 6.08. The van der Waals surface area contributed by atoms with E-state index in [-0.39, 0.29) is 18.6 Å². The van der Waals surface area contributed by atoms with Gasteiger partial charge >= 0.3 is 12.0 Å². The summed E-state index contributed by atoms with van der Waals surface area (Å²) in [5.41, 5.74) is 2.19. The van der Waals surface area contributed by atoms with Crippen molar-refractivity contribution < 1.29 is 14.7 Å². The molecule has 0 aromatic heterocycles. The molecule has 1 aliphatic heterocycles. The summed E-state index contributed by atoms with van der Waals surface area (Å²) in [4.78, 5) is 27.0. The van der Waals surface area contributed by atoms with E-state index in [0.29, 0.717) is 19.6 Å². The molecular formula is C19H28ClN3O3. The fraction of sp³-hybridized carbons (Fsp3) is 0.579. The Balaban J connectivity index is 1.77. The standard InChI is InChI=1S/C19H28ClN3O3/c1-14-12-15(5-6-17(14)20)7-9-21-19(26)23-10-3-4-16(8-11-23)22(2)13-18(24)25/h5-6,12,16H,3-4,7-11,13H2,1-2H3,(H,21,26)(H,24,25). The number of carbonyl (C=O) groups is 2. The fourth-order valence-electron chi connectivity index (χ4n) is 3.35. The van der Waals surface area contributed by atoms with E-state index in [4.69, 9.17) is 16.7 Å². The Labute approximate surface area is 160 Å². The maximum Gasteiger partial charge on any atom is 0.317 e. The van der Waals surface area contributed by atoms with Gasteiger partial charge in [0.1, 0.15) is 0 Å². The number of hydrogen-bond donors (Lipinski definition) is 2. The van der Waals surface area contributed by atoms with E-state index in [1.54, 1.807) is 0 Å². The van der Waals surface area contributed by atoms with Crippen LogP contribution in [0.25, 0.3) is 0 Å². The van der Waals surface area contributed by atoms with E-state index < -0.39 is 5.97 Å². The average molecular weight is 382 g/mol. The van der Waals surface area contributed by atoms with Crippen LogP contribution in [-0.4, -0.2) is 66.2 Å². The number of likely N-dealkylation sites (N-methyl/N-ethyl adjacent to an activating group) is 1. The van der Waals surface area contributed by atoms with Gasteiger partial charge < -0.3 is 15.3 Å². The number of aliphatic carboxylic acids is 1. The molecule has 7 heteroatoms. The molecule has 0 spiro atoms. The monoisotopic (exact) mass is 381 g/mol. The van der Waals surface area contributed by atoms with Crippen molar-refractivity contribution in [2.24, 2.45) is 0 Å². The molecule has 1 aromatic carbocycles. The van der Waals surface area contributed by atoms with E-state index in [1.165, 1.54) is 0 Å². The number of urea groups is 1. The minimum Gasteiger partial charge on any atom is -0.480 e. The van der Waals surface area contributed by atoms with Gasteiger partial charge in [-0.2, -0.15) is 0 Å². The first-order valence-corrected chi connectivity index (χ1v) is 9.44. The second-order valence-corrected chi connectivity index (χ2v) is 7.35. The van der Waals surface area contributed by atoms with Crippen LogP contribution in [0.15, 0.2) is 18.2 Å². The number of likely N-dealkylation sites (tertiary alicyclic amines) is 1. The summed E-state index contributed by atoms with van der Waals surface area (Å²) in [6.07, 6.45) is 3.37. The van der Waals surface area contributed by atoms with E-state index in [1.807, 2.05) is 42.0 Å². The largest absolute Gasteiger partial charge is 0.480 e. The predicted molar refractivity (Wildman–Crippen MR) is 103 cm³/mol. The molecule has 1 heterocycles. The van der Waals surface area contributed by atoms with Crippen LogP contribution < -0.4 is 5.32 Å². The number of rotatable bonds is 6. The van der Waals surface area contributed by atoms with E-state index >= 15 is 0 Å². The molecule has 2 amide bonds. The molecule has 0 saturated carbocycles. The van der Waals surface area contributed by atoms with Crippen molar-refractivity contribution in [2.75, 3.05) is 33.2 Å². The summed E-state index contributed by atoms with van der Waals surface area (Å²) in [7, 11) is 1.84. The Morgan fingerprint density at radius 2 is 2.12 bits per heavy atom. The Kier molecular flexibility index (Phi) is 7.72. The minimum atomic E-state index is -0.816. The van der Waals surface area contributed by atoms with Crippen LogP contribution in [-0.2, 0) is 11.2 Å². The van der Waals surface area contributed by atoms with Gasteiger partial charge in [-0.05, 0) is 56.8 Å². The van der Waals surface area contributed by atoms with Crippen LogP contribution in [0.3, 0.4) is 0 Å². The van der Waals surface area contributed by atoms with Crippen LogP contribution in [0, 0.1) is 6.92 Å². The third-order valence-corrected chi connectivity index (χ3v) is 5.33. The summed E-state index contributed by atoms with van der Waals surface area (Å²) >= 11 is 6.03. The molecular weight excluding hydrogens is 354 g/mol. The van der Waals surface area contributed by atoms with Crippen LogP contribution in [0.1, 0.15) is 30.4 Å². The van der Waals surface area contributed by atoms with Crippen molar-refractivity contribution in [3.05, 3.63) is 34.3 Å². The number of aryl methyl sites for hydroxylation is 1. The molecule has 1 fully saturated rings. The molecule has 0 radical (unpaired) electrons. The summed E-state index contributed by atoms with van der Waals surface area (Å²) < 4.78 is 0. The molecule has 6 nitrogen and oxygen atoms in total. The zero-order valence-electron chi connectivity index (χ0n) is 15.5. The highest BCUT2D eigenvalue weighted by atomic mass is 35.5. The molecule has 2 N–H and O–H groups in total. The van der Waals surface area contributed by atoms with Crippen LogP contribution in [0.2, 0.25) is 5.02 Å². The molecule has 1 aromatic rings. The van der Waals surface area contributed by atoms with E-state index in [2.05, 4.69) is 5.32 Å². The third kappa shape index (κ3) is 6.18. The lowest BCUT2D eigenvalue weighted by Crippen LogP contribution is -2.42. The Morgan fingerprint density at radius 1 is 1.35 bits per heavy atom. The Morgan fingerprint density at radius 3 is 2.81 bits per heavy atom. The highest BCUT2D eigenvalue weighted by molar-refractivity contribution is 6.31. The maximum absolute atomic E-state index is 12.4. The van der Waals surface area contributed by atoms with Crippen LogP contribution in [0.4, 0.5) is 4.79 Å². The van der Waals surface area contributed by atoms with Crippen molar-refractivity contribution in [3.63, 3.8) is 0 Å². The van der Waals surface area contributed by atoms with Gasteiger partial charge in [-0.1, -0.05) is 23.7 Å². The van der Waals surface area contributed by atoms with Gasteiger partial charge in [0.05, 0.1) is 6.54 Å². The number of amides is 2. The molecule has 0 bridgehead atoms. The molecule has 1 unspecified atom stereocenters. The van der Waals surface area contributed by atoms with Crippen LogP contribution >= 0.6 is 11.6 Å². The second-order valence-electron chi connectivity index (χ2n) is 6.95. The molecule has 144 valence electrons. The summed E-state index contributed by atoms with van der Waals surface area (Å²) in [5, 5.41) is 12.7. The van der Waals surface area contributed by atoms with Crippen molar-refractivity contribution in [1.29, 1.82) is 0 Å². The first-order valence-electron chi connectivity index (χ1n) is 9.06. The van der Waals surface area contributed by atoms with E-state index in [0.717, 1.165) is 41.8 Å². The molecule has 0 aliphatic carbocycles. The maximum atomic E-state index is 12.4. The average Bonchev–Trinajstić information content (AvgIpc) is 2.83. The van der Waals surface area contributed by atoms with Crippen molar-refractivity contribution >= 4 is 23.6 Å². The first kappa shape index (κ1) is 20.5. The van der Waals surface area contributed by atoms with Gasteiger partial charge in [-0.25, -0.2) is 4.79 Å². The second kappa shape index (κ2) is 9.78. The lowest BCUT2D eigenvalue weighted by atomic mass is 10.1. The van der Waals surface area contributed by atoms with Crippen LogP contribution in [0.5, 0.6) is 0 Å². The quantitative estimate of drug-likeness (QED) is 0.794. The number of nitrogens with one attached hydrogen (secondary N) is 1. The summed E-state index contributed by atoms with van der Waals surface area (Å²) in [5.74, 6) is -0.816. The first-order chi connectivity index (χ1) is 12.4. The SMILES string of the molecule is Cc1cc(CCNC(=O)N2CCCC(N(C)CC(=O)O)CC2)ccc1Cl. The number of benzene rings is 1. The molecule has 2 rings (SSSR count). The number of carboxylic acids is 1. The summed E-state index contributed by atoms with van der Waals surface area (Å²) in [6.45, 7) is 3.96. The van der Waals surface area contributed by atoms with Crippen molar-refractivity contribution in [2.45, 2.75) is 38.6 Å². The van der Waals surface area contributed by atoms with Gasteiger partial charge in [0.2, 0.25) is 0 Å². The lowest BCUT2D eigenvalue weighted by molar-refractivity contribution is -0.138. The number of hydrogen-bond acceptors (Lipinski definition) is 3. The molecule has 1 saturated heterocycles. The number of halogens is 1. The lowest BCUT2D eigenvalue weighted by Gasteiger charge is -2.25. The number of carboxylic acid groups (broad SMARTS) is 1. The molecule has 1 aliphatic rings. The van der Waals surface area contributed by atoms with Crippen molar-refractivity contribution in [3.8, 4) is 0 Å². The minimum absolute atomic E-state index is 0.0391. The normalized spacial score (nSPS) is 17.8. The van der Waals surface area contributed by atoms with Gasteiger partial charge in [0, 0.05) is 30.7 Å². The van der Waals surface area contributed by atoms with Gasteiger partial charge in [0.25, 0.3) is 0 Å².